The molecule has 1 atom stereocenters. The zero-order valence-electron chi connectivity index (χ0n) is 5.25. The lowest BCUT2D eigenvalue weighted by atomic mass is 10.2. The van der Waals surface area contributed by atoms with E-state index in [2.05, 4.69) is 0 Å². The summed E-state index contributed by atoms with van der Waals surface area (Å²) in [4.78, 5) is 10.0. The number of carbonyl (C=O) groups excluding carboxylic acids is 1. The molecule has 0 amide bonds. The number of rotatable bonds is 2. The standard InChI is InChI=1S/C8H6ClO/c9-8(6-10)7-4-2-1-3-5-7/h1-5,8H. The first-order valence-corrected chi connectivity index (χ1v) is 3.35. The molecular weight excluding hydrogens is 148 g/mol. The molecule has 0 bridgehead atoms. The minimum Gasteiger partial charge on any atom is -0.289 e. The second kappa shape index (κ2) is 3.37. The highest BCUT2D eigenvalue weighted by molar-refractivity contribution is 6.27. The Morgan fingerprint density at radius 3 is 2.40 bits per heavy atom. The quantitative estimate of drug-likeness (QED) is 0.595. The average molecular weight is 154 g/mol. The molecule has 0 aliphatic heterocycles. The molecular formula is C8H6ClO. The summed E-state index contributed by atoms with van der Waals surface area (Å²) in [5.74, 6) is 0. The summed E-state index contributed by atoms with van der Waals surface area (Å²) in [5.41, 5.74) is 0.791. The van der Waals surface area contributed by atoms with E-state index in [1.54, 1.807) is 18.4 Å². The molecule has 1 aromatic rings. The second-order valence-electron chi connectivity index (χ2n) is 1.89. The molecule has 1 nitrogen and oxygen atoms in total. The predicted molar refractivity (Wildman–Crippen MR) is 40.7 cm³/mol. The summed E-state index contributed by atoms with van der Waals surface area (Å²) in [6.07, 6.45) is 1.70. The molecule has 0 aliphatic carbocycles. The summed E-state index contributed by atoms with van der Waals surface area (Å²) in [6.45, 7) is 0. The molecule has 1 radical (unpaired) electrons. The number of hydrogen-bond acceptors (Lipinski definition) is 1. The van der Waals surface area contributed by atoms with Crippen LogP contribution in [0, 0.1) is 0 Å². The molecule has 0 heterocycles. The lowest BCUT2D eigenvalue weighted by Crippen LogP contribution is -1.88. The normalized spacial score (nSPS) is 12.5. The Kier molecular flexibility index (Phi) is 2.46. The van der Waals surface area contributed by atoms with Crippen molar-refractivity contribution < 1.29 is 4.79 Å². The average Bonchev–Trinajstić information content (AvgIpc) is 2.05. The Balaban J connectivity index is 2.84. The lowest BCUT2D eigenvalue weighted by molar-refractivity contribution is 0.553. The fourth-order valence-corrected chi connectivity index (χ4v) is 0.836. The number of halogens is 1. The smallest absolute Gasteiger partial charge is 0.222 e. The van der Waals surface area contributed by atoms with Crippen LogP contribution in [0.2, 0.25) is 0 Å². The Bertz CT molecular complexity index is 208. The molecule has 1 rings (SSSR count). The van der Waals surface area contributed by atoms with E-state index in [9.17, 15) is 4.79 Å². The third kappa shape index (κ3) is 1.58. The van der Waals surface area contributed by atoms with Gasteiger partial charge >= 0.3 is 0 Å². The summed E-state index contributed by atoms with van der Waals surface area (Å²) in [7, 11) is 0. The van der Waals surface area contributed by atoms with Crippen LogP contribution in [-0.4, -0.2) is 6.29 Å². The maximum atomic E-state index is 10.0. The Hall–Kier alpha value is -0.820. The molecule has 2 heteroatoms. The maximum Gasteiger partial charge on any atom is 0.222 e. The van der Waals surface area contributed by atoms with Crippen LogP contribution in [0.4, 0.5) is 0 Å². The molecule has 0 saturated carbocycles. The van der Waals surface area contributed by atoms with Crippen LogP contribution >= 0.6 is 11.6 Å². The van der Waals surface area contributed by atoms with Crippen molar-refractivity contribution in [3.05, 3.63) is 35.9 Å². The van der Waals surface area contributed by atoms with Gasteiger partial charge < -0.3 is 0 Å². The van der Waals surface area contributed by atoms with Gasteiger partial charge in [-0.2, -0.15) is 0 Å². The van der Waals surface area contributed by atoms with Crippen molar-refractivity contribution in [2.24, 2.45) is 0 Å². The van der Waals surface area contributed by atoms with E-state index in [1.807, 2.05) is 18.2 Å². The minimum atomic E-state index is -0.624. The fraction of sp³-hybridized carbons (Fsp3) is 0.125. The molecule has 0 fully saturated rings. The first kappa shape index (κ1) is 7.29. The van der Waals surface area contributed by atoms with Crippen molar-refractivity contribution in [2.45, 2.75) is 5.38 Å². The van der Waals surface area contributed by atoms with E-state index in [1.165, 1.54) is 0 Å². The summed E-state index contributed by atoms with van der Waals surface area (Å²) in [5, 5.41) is -0.624. The third-order valence-electron chi connectivity index (χ3n) is 1.20. The molecule has 1 aromatic carbocycles. The van der Waals surface area contributed by atoms with Gasteiger partial charge in [0.2, 0.25) is 6.29 Å². The van der Waals surface area contributed by atoms with E-state index < -0.39 is 5.38 Å². The van der Waals surface area contributed by atoms with Gasteiger partial charge in [0.1, 0.15) is 5.38 Å². The largest absolute Gasteiger partial charge is 0.289 e. The molecule has 10 heavy (non-hydrogen) atoms. The van der Waals surface area contributed by atoms with Gasteiger partial charge in [-0.05, 0) is 5.56 Å². The van der Waals surface area contributed by atoms with Crippen molar-refractivity contribution >= 4 is 17.9 Å². The Labute approximate surface area is 64.6 Å². The Morgan fingerprint density at radius 1 is 1.30 bits per heavy atom. The van der Waals surface area contributed by atoms with Crippen molar-refractivity contribution in [1.29, 1.82) is 0 Å². The first-order chi connectivity index (χ1) is 4.84. The summed E-state index contributed by atoms with van der Waals surface area (Å²) in [6, 6.07) is 9.13. The molecule has 0 aliphatic rings. The van der Waals surface area contributed by atoms with Crippen LogP contribution in [-0.2, 0) is 4.79 Å². The van der Waals surface area contributed by atoms with Gasteiger partial charge in [-0.3, -0.25) is 4.79 Å². The van der Waals surface area contributed by atoms with Crippen LogP contribution in [0.5, 0.6) is 0 Å². The van der Waals surface area contributed by atoms with Gasteiger partial charge in [-0.15, -0.1) is 11.6 Å². The van der Waals surface area contributed by atoms with Crippen LogP contribution in [0.25, 0.3) is 0 Å². The highest BCUT2D eigenvalue weighted by Gasteiger charge is 2.03. The van der Waals surface area contributed by atoms with Crippen molar-refractivity contribution in [3.63, 3.8) is 0 Å². The van der Waals surface area contributed by atoms with Gasteiger partial charge in [0.15, 0.2) is 0 Å². The lowest BCUT2D eigenvalue weighted by Gasteiger charge is -1.97. The SMILES string of the molecule is O=[C]C(Cl)c1ccccc1. The monoisotopic (exact) mass is 153 g/mol. The minimum absolute atomic E-state index is 0.624. The molecule has 0 saturated heterocycles. The first-order valence-electron chi connectivity index (χ1n) is 2.91. The topological polar surface area (TPSA) is 17.1 Å². The zero-order chi connectivity index (χ0) is 7.40. The van der Waals surface area contributed by atoms with E-state index >= 15 is 0 Å². The van der Waals surface area contributed by atoms with E-state index in [0.29, 0.717) is 0 Å². The van der Waals surface area contributed by atoms with Gasteiger partial charge in [0.25, 0.3) is 0 Å². The summed E-state index contributed by atoms with van der Waals surface area (Å²) < 4.78 is 0. The summed E-state index contributed by atoms with van der Waals surface area (Å²) >= 11 is 5.57. The van der Waals surface area contributed by atoms with Crippen LogP contribution in [0.1, 0.15) is 10.9 Å². The molecule has 51 valence electrons. The number of hydrogen-bond donors (Lipinski definition) is 0. The van der Waals surface area contributed by atoms with E-state index in [4.69, 9.17) is 11.6 Å². The molecule has 0 N–H and O–H groups in total. The maximum absolute atomic E-state index is 10.0. The van der Waals surface area contributed by atoms with Crippen molar-refractivity contribution in [1.82, 2.24) is 0 Å². The van der Waals surface area contributed by atoms with Crippen LogP contribution < -0.4 is 0 Å². The Morgan fingerprint density at radius 2 is 1.90 bits per heavy atom. The van der Waals surface area contributed by atoms with Crippen LogP contribution in [0.15, 0.2) is 30.3 Å². The number of alkyl halides is 1. The second-order valence-corrected chi connectivity index (χ2v) is 2.33. The fourth-order valence-electron chi connectivity index (χ4n) is 0.690. The van der Waals surface area contributed by atoms with Crippen molar-refractivity contribution in [2.75, 3.05) is 0 Å². The molecule has 0 spiro atoms. The third-order valence-corrected chi connectivity index (χ3v) is 1.54. The molecule has 0 aromatic heterocycles. The predicted octanol–water partition coefficient (Wildman–Crippen LogP) is 2.08. The van der Waals surface area contributed by atoms with Crippen molar-refractivity contribution in [3.8, 4) is 0 Å². The highest BCUT2D eigenvalue weighted by atomic mass is 35.5. The zero-order valence-corrected chi connectivity index (χ0v) is 6.01. The van der Waals surface area contributed by atoms with Gasteiger partial charge in [0, 0.05) is 0 Å². The van der Waals surface area contributed by atoms with E-state index in [0.717, 1.165) is 5.56 Å². The van der Waals surface area contributed by atoms with Crippen LogP contribution in [0.3, 0.4) is 0 Å². The van der Waals surface area contributed by atoms with Gasteiger partial charge in [0.05, 0.1) is 0 Å². The highest BCUT2D eigenvalue weighted by Crippen LogP contribution is 2.16. The number of benzene rings is 1. The van der Waals surface area contributed by atoms with Gasteiger partial charge in [-0.25, -0.2) is 0 Å². The molecule has 1 unspecified atom stereocenters. The van der Waals surface area contributed by atoms with Gasteiger partial charge in [-0.1, -0.05) is 30.3 Å². The van der Waals surface area contributed by atoms with E-state index in [-0.39, 0.29) is 0 Å².